The molecular weight excluding hydrogens is 260 g/mol. The molecule has 1 heterocycles. The van der Waals surface area contributed by atoms with Crippen LogP contribution in [0.15, 0.2) is 47.3 Å². The third-order valence-electron chi connectivity index (χ3n) is 2.55. The van der Waals surface area contributed by atoms with Crippen molar-refractivity contribution in [3.8, 4) is 5.75 Å². The van der Waals surface area contributed by atoms with Crippen LogP contribution in [0.2, 0.25) is 0 Å². The van der Waals surface area contributed by atoms with Gasteiger partial charge in [0.25, 0.3) is 5.91 Å². The number of anilines is 1. The molecule has 2 amide bonds. The third-order valence-corrected chi connectivity index (χ3v) is 2.55. The minimum absolute atomic E-state index is 0.124. The van der Waals surface area contributed by atoms with Crippen molar-refractivity contribution in [1.82, 2.24) is 5.32 Å². The molecule has 2 rings (SSSR count). The lowest BCUT2D eigenvalue weighted by molar-refractivity contribution is -0.115. The Morgan fingerprint density at radius 2 is 2.15 bits per heavy atom. The number of furan rings is 1. The molecule has 6 heteroatoms. The Morgan fingerprint density at radius 1 is 1.30 bits per heavy atom. The molecule has 0 fully saturated rings. The van der Waals surface area contributed by atoms with Gasteiger partial charge in [0, 0.05) is 11.8 Å². The van der Waals surface area contributed by atoms with E-state index in [-0.39, 0.29) is 18.4 Å². The second-order valence-electron chi connectivity index (χ2n) is 3.97. The van der Waals surface area contributed by atoms with Gasteiger partial charge in [0.2, 0.25) is 5.91 Å². The quantitative estimate of drug-likeness (QED) is 0.868. The predicted octanol–water partition coefficient (Wildman–Crippen LogP) is 1.66. The largest absolute Gasteiger partial charge is 0.497 e. The van der Waals surface area contributed by atoms with Gasteiger partial charge in [-0.1, -0.05) is 6.07 Å². The zero-order valence-electron chi connectivity index (χ0n) is 10.9. The van der Waals surface area contributed by atoms with Crippen molar-refractivity contribution in [3.05, 3.63) is 48.4 Å². The minimum Gasteiger partial charge on any atom is -0.497 e. The van der Waals surface area contributed by atoms with Gasteiger partial charge in [-0.15, -0.1) is 0 Å². The molecular formula is C14H14N2O4. The van der Waals surface area contributed by atoms with E-state index in [9.17, 15) is 9.59 Å². The van der Waals surface area contributed by atoms with E-state index in [1.807, 2.05) is 0 Å². The van der Waals surface area contributed by atoms with E-state index in [0.717, 1.165) is 0 Å². The molecule has 0 aliphatic rings. The van der Waals surface area contributed by atoms with Crippen LogP contribution >= 0.6 is 0 Å². The molecule has 1 aromatic heterocycles. The van der Waals surface area contributed by atoms with Gasteiger partial charge in [-0.2, -0.15) is 0 Å². The Kier molecular flexibility index (Phi) is 4.39. The zero-order valence-corrected chi connectivity index (χ0v) is 10.9. The van der Waals surface area contributed by atoms with Crippen molar-refractivity contribution in [1.29, 1.82) is 0 Å². The van der Waals surface area contributed by atoms with Gasteiger partial charge in [0.1, 0.15) is 12.0 Å². The van der Waals surface area contributed by atoms with Crippen LogP contribution in [-0.2, 0) is 4.79 Å². The summed E-state index contributed by atoms with van der Waals surface area (Å²) in [6.45, 7) is -0.124. The Labute approximate surface area is 115 Å². The first-order chi connectivity index (χ1) is 9.69. The smallest absolute Gasteiger partial charge is 0.254 e. The summed E-state index contributed by atoms with van der Waals surface area (Å²) < 4.78 is 9.84. The molecule has 0 unspecified atom stereocenters. The summed E-state index contributed by atoms with van der Waals surface area (Å²) in [5.74, 6) is -0.0418. The lowest BCUT2D eigenvalue weighted by Crippen LogP contribution is -2.32. The molecule has 0 bridgehead atoms. The van der Waals surface area contributed by atoms with Crippen molar-refractivity contribution >= 4 is 17.5 Å². The number of carbonyl (C=O) groups excluding carboxylic acids is 2. The number of hydrogen-bond donors (Lipinski definition) is 2. The first-order valence-electron chi connectivity index (χ1n) is 5.93. The molecule has 0 radical (unpaired) electrons. The number of hydrogen-bond acceptors (Lipinski definition) is 4. The van der Waals surface area contributed by atoms with E-state index in [1.54, 1.807) is 31.4 Å². The average Bonchev–Trinajstić information content (AvgIpc) is 2.99. The Bertz CT molecular complexity index is 593. The summed E-state index contributed by atoms with van der Waals surface area (Å²) in [4.78, 5) is 23.3. The Morgan fingerprint density at radius 3 is 2.85 bits per heavy atom. The first kappa shape index (κ1) is 13.7. The standard InChI is InChI=1S/C14H14N2O4/c1-19-12-4-2-3-11(7-12)16-13(17)8-15-14(18)10-5-6-20-9-10/h2-7,9H,8H2,1H3,(H,15,18)(H,16,17). The SMILES string of the molecule is COc1cccc(NC(=O)CNC(=O)c2ccoc2)c1. The number of ether oxygens (including phenoxy) is 1. The van der Waals surface area contributed by atoms with E-state index >= 15 is 0 Å². The maximum atomic E-state index is 11.7. The molecule has 0 saturated heterocycles. The van der Waals surface area contributed by atoms with E-state index in [2.05, 4.69) is 10.6 Å². The second kappa shape index (κ2) is 6.42. The van der Waals surface area contributed by atoms with Gasteiger partial charge >= 0.3 is 0 Å². The summed E-state index contributed by atoms with van der Waals surface area (Å²) in [5.41, 5.74) is 0.978. The van der Waals surface area contributed by atoms with Crippen LogP contribution in [0, 0.1) is 0 Å². The number of methoxy groups -OCH3 is 1. The number of rotatable bonds is 5. The van der Waals surface area contributed by atoms with Gasteiger partial charge < -0.3 is 19.8 Å². The summed E-state index contributed by atoms with van der Waals surface area (Å²) in [6.07, 6.45) is 2.71. The van der Waals surface area contributed by atoms with E-state index in [4.69, 9.17) is 9.15 Å². The van der Waals surface area contributed by atoms with Crippen LogP contribution in [-0.4, -0.2) is 25.5 Å². The van der Waals surface area contributed by atoms with Crippen molar-refractivity contribution in [2.75, 3.05) is 19.0 Å². The topological polar surface area (TPSA) is 80.6 Å². The highest BCUT2D eigenvalue weighted by molar-refractivity contribution is 5.99. The molecule has 0 spiro atoms. The van der Waals surface area contributed by atoms with Crippen LogP contribution in [0.4, 0.5) is 5.69 Å². The van der Waals surface area contributed by atoms with Crippen LogP contribution < -0.4 is 15.4 Å². The fourth-order valence-electron chi connectivity index (χ4n) is 1.56. The van der Waals surface area contributed by atoms with E-state index in [0.29, 0.717) is 17.0 Å². The molecule has 2 N–H and O–H groups in total. The highest BCUT2D eigenvalue weighted by Gasteiger charge is 2.09. The van der Waals surface area contributed by atoms with Crippen LogP contribution in [0.1, 0.15) is 10.4 Å². The lowest BCUT2D eigenvalue weighted by Gasteiger charge is -2.07. The highest BCUT2D eigenvalue weighted by atomic mass is 16.5. The fourth-order valence-corrected chi connectivity index (χ4v) is 1.56. The van der Waals surface area contributed by atoms with E-state index in [1.165, 1.54) is 18.6 Å². The summed E-state index contributed by atoms with van der Waals surface area (Å²) in [7, 11) is 1.55. The Hall–Kier alpha value is -2.76. The zero-order chi connectivity index (χ0) is 14.4. The summed E-state index contributed by atoms with van der Waals surface area (Å²) >= 11 is 0. The van der Waals surface area contributed by atoms with E-state index < -0.39 is 0 Å². The Balaban J connectivity index is 1.85. The van der Waals surface area contributed by atoms with Crippen molar-refractivity contribution < 1.29 is 18.7 Å². The van der Waals surface area contributed by atoms with Gasteiger partial charge in [-0.3, -0.25) is 9.59 Å². The van der Waals surface area contributed by atoms with Crippen molar-refractivity contribution in [3.63, 3.8) is 0 Å². The summed E-state index contributed by atoms with van der Waals surface area (Å²) in [5, 5.41) is 5.15. The fraction of sp³-hybridized carbons (Fsp3) is 0.143. The van der Waals surface area contributed by atoms with Crippen LogP contribution in [0.25, 0.3) is 0 Å². The molecule has 2 aromatic rings. The number of nitrogens with one attached hydrogen (secondary N) is 2. The minimum atomic E-state index is -0.362. The molecule has 20 heavy (non-hydrogen) atoms. The van der Waals surface area contributed by atoms with Crippen molar-refractivity contribution in [2.45, 2.75) is 0 Å². The number of amides is 2. The molecule has 6 nitrogen and oxygen atoms in total. The predicted molar refractivity (Wildman–Crippen MR) is 72.7 cm³/mol. The van der Waals surface area contributed by atoms with Crippen molar-refractivity contribution in [2.24, 2.45) is 0 Å². The maximum Gasteiger partial charge on any atom is 0.254 e. The van der Waals surface area contributed by atoms with Gasteiger partial charge in [-0.05, 0) is 18.2 Å². The molecule has 0 aliphatic carbocycles. The second-order valence-corrected chi connectivity index (χ2v) is 3.97. The monoisotopic (exact) mass is 274 g/mol. The maximum absolute atomic E-state index is 11.7. The first-order valence-corrected chi connectivity index (χ1v) is 5.93. The third kappa shape index (κ3) is 3.61. The molecule has 0 aliphatic heterocycles. The van der Waals surface area contributed by atoms with Crippen LogP contribution in [0.3, 0.4) is 0 Å². The van der Waals surface area contributed by atoms with Crippen LogP contribution in [0.5, 0.6) is 5.75 Å². The molecule has 104 valence electrons. The van der Waals surface area contributed by atoms with Gasteiger partial charge in [0.05, 0.1) is 25.5 Å². The molecule has 0 saturated carbocycles. The average molecular weight is 274 g/mol. The van der Waals surface area contributed by atoms with Gasteiger partial charge in [0.15, 0.2) is 0 Å². The van der Waals surface area contributed by atoms with Gasteiger partial charge in [-0.25, -0.2) is 0 Å². The molecule has 0 atom stereocenters. The normalized spacial score (nSPS) is 9.85. The summed E-state index contributed by atoms with van der Waals surface area (Å²) in [6, 6.07) is 8.48. The number of benzene rings is 1. The molecule has 1 aromatic carbocycles. The lowest BCUT2D eigenvalue weighted by atomic mass is 10.3. The number of carbonyl (C=O) groups is 2. The highest BCUT2D eigenvalue weighted by Crippen LogP contribution is 2.16.